The first kappa shape index (κ1) is 12.4. The molecule has 3 heteroatoms. The van der Waals surface area contributed by atoms with E-state index in [1.54, 1.807) is 7.11 Å². The molecule has 2 nitrogen and oxygen atoms in total. The van der Waals surface area contributed by atoms with Crippen molar-refractivity contribution in [3.8, 4) is 11.5 Å². The van der Waals surface area contributed by atoms with Crippen molar-refractivity contribution in [1.82, 2.24) is 0 Å². The highest BCUT2D eigenvalue weighted by Crippen LogP contribution is 2.34. The summed E-state index contributed by atoms with van der Waals surface area (Å²) in [7, 11) is 1.66. The molecule has 1 unspecified atom stereocenters. The Balaban J connectivity index is 1.92. The van der Waals surface area contributed by atoms with E-state index >= 15 is 0 Å². The fourth-order valence-corrected chi connectivity index (χ4v) is 2.63. The first-order chi connectivity index (χ1) is 9.28. The first-order valence-electron chi connectivity index (χ1n) is 6.31. The minimum atomic E-state index is -0.166. The van der Waals surface area contributed by atoms with Gasteiger partial charge in [0, 0.05) is 6.42 Å². The third-order valence-corrected chi connectivity index (χ3v) is 3.90. The van der Waals surface area contributed by atoms with E-state index in [1.165, 1.54) is 5.56 Å². The molecule has 3 rings (SSSR count). The zero-order valence-electron chi connectivity index (χ0n) is 10.7. The molecule has 0 amide bonds. The number of hydrogen-bond acceptors (Lipinski definition) is 2. The normalized spacial score (nSPS) is 14.6. The number of hydrogen-bond donors (Lipinski definition) is 0. The lowest BCUT2D eigenvalue weighted by Gasteiger charge is -2.12. The summed E-state index contributed by atoms with van der Waals surface area (Å²) in [6.45, 7) is 0.769. The summed E-state index contributed by atoms with van der Waals surface area (Å²) < 4.78 is 10.7. The molecule has 0 spiro atoms. The summed E-state index contributed by atoms with van der Waals surface area (Å²) in [5.41, 5.74) is 3.38. The van der Waals surface area contributed by atoms with Crippen LogP contribution in [0.4, 0.5) is 0 Å². The summed E-state index contributed by atoms with van der Waals surface area (Å²) in [5.74, 6) is 1.81. The van der Waals surface area contributed by atoms with Crippen LogP contribution in [-0.2, 0) is 6.42 Å². The van der Waals surface area contributed by atoms with E-state index in [2.05, 4.69) is 6.07 Å². The summed E-state index contributed by atoms with van der Waals surface area (Å²) in [5, 5.41) is -0.166. The van der Waals surface area contributed by atoms with Crippen LogP contribution in [0.1, 0.15) is 22.1 Å². The monoisotopic (exact) mass is 274 g/mol. The Morgan fingerprint density at radius 2 is 2.00 bits per heavy atom. The average molecular weight is 275 g/mol. The van der Waals surface area contributed by atoms with Crippen LogP contribution in [-0.4, -0.2) is 13.7 Å². The van der Waals surface area contributed by atoms with E-state index in [9.17, 15) is 0 Å². The van der Waals surface area contributed by atoms with Gasteiger partial charge in [-0.1, -0.05) is 24.3 Å². The maximum absolute atomic E-state index is 6.57. The van der Waals surface area contributed by atoms with Gasteiger partial charge in [-0.05, 0) is 34.9 Å². The summed E-state index contributed by atoms with van der Waals surface area (Å²) >= 11 is 6.57. The van der Waals surface area contributed by atoms with Crippen LogP contribution in [0.2, 0.25) is 0 Å². The molecule has 0 aliphatic carbocycles. The molecule has 19 heavy (non-hydrogen) atoms. The number of methoxy groups -OCH3 is 1. The fourth-order valence-electron chi connectivity index (χ4n) is 2.36. The summed E-state index contributed by atoms with van der Waals surface area (Å²) in [6.07, 6.45) is 0.963. The largest absolute Gasteiger partial charge is 0.497 e. The first-order valence-corrected chi connectivity index (χ1v) is 6.75. The molecular formula is C16H15ClO2. The number of halogens is 1. The van der Waals surface area contributed by atoms with Crippen LogP contribution in [0, 0.1) is 0 Å². The maximum atomic E-state index is 6.57. The van der Waals surface area contributed by atoms with Gasteiger partial charge in [-0.3, -0.25) is 0 Å². The van der Waals surface area contributed by atoms with E-state index in [1.807, 2.05) is 36.4 Å². The predicted octanol–water partition coefficient (Wildman–Crippen LogP) is 3.96. The second-order valence-electron chi connectivity index (χ2n) is 4.60. The molecule has 0 bridgehead atoms. The molecule has 1 heterocycles. The molecular weight excluding hydrogens is 260 g/mol. The molecule has 2 aromatic rings. The molecule has 98 valence electrons. The Bertz CT molecular complexity index is 595. The van der Waals surface area contributed by atoms with Gasteiger partial charge in [-0.25, -0.2) is 0 Å². The lowest BCUT2D eigenvalue weighted by molar-refractivity contribution is 0.357. The van der Waals surface area contributed by atoms with Gasteiger partial charge in [-0.15, -0.1) is 11.6 Å². The van der Waals surface area contributed by atoms with Crippen molar-refractivity contribution in [2.24, 2.45) is 0 Å². The third kappa shape index (κ3) is 2.41. The quantitative estimate of drug-likeness (QED) is 0.789. The Kier molecular flexibility index (Phi) is 3.34. The number of alkyl halides is 1. The molecule has 0 aromatic heterocycles. The number of fused-ring (bicyclic) bond motifs is 1. The maximum Gasteiger partial charge on any atom is 0.122 e. The molecule has 0 fully saturated rings. The second kappa shape index (κ2) is 5.14. The van der Waals surface area contributed by atoms with Crippen molar-refractivity contribution in [2.45, 2.75) is 11.8 Å². The van der Waals surface area contributed by atoms with Crippen LogP contribution in [0.3, 0.4) is 0 Å². The highest BCUT2D eigenvalue weighted by molar-refractivity contribution is 6.22. The minimum Gasteiger partial charge on any atom is -0.497 e. The zero-order valence-corrected chi connectivity index (χ0v) is 11.5. The predicted molar refractivity (Wildman–Crippen MR) is 76.3 cm³/mol. The molecule has 0 saturated carbocycles. The molecule has 0 N–H and O–H groups in total. The standard InChI is InChI=1S/C16H15ClO2/c1-18-14-4-2-3-12(10-14)16(17)13-5-6-15-11(9-13)7-8-19-15/h2-6,9-10,16H,7-8H2,1H3. The smallest absolute Gasteiger partial charge is 0.122 e. The fraction of sp³-hybridized carbons (Fsp3) is 0.250. The van der Waals surface area contributed by atoms with E-state index < -0.39 is 0 Å². The lowest BCUT2D eigenvalue weighted by Crippen LogP contribution is -1.95. The number of benzene rings is 2. The van der Waals surface area contributed by atoms with Crippen molar-refractivity contribution < 1.29 is 9.47 Å². The highest BCUT2D eigenvalue weighted by Gasteiger charge is 2.17. The van der Waals surface area contributed by atoms with Gasteiger partial charge in [0.25, 0.3) is 0 Å². The SMILES string of the molecule is COc1cccc(C(Cl)c2ccc3c(c2)CCO3)c1. The van der Waals surface area contributed by atoms with Gasteiger partial charge in [0.1, 0.15) is 11.5 Å². The molecule has 1 aliphatic rings. The van der Waals surface area contributed by atoms with E-state index in [-0.39, 0.29) is 5.38 Å². The van der Waals surface area contributed by atoms with E-state index in [0.29, 0.717) is 0 Å². The topological polar surface area (TPSA) is 18.5 Å². The van der Waals surface area contributed by atoms with Crippen LogP contribution >= 0.6 is 11.6 Å². The van der Waals surface area contributed by atoms with Crippen molar-refractivity contribution in [3.63, 3.8) is 0 Å². The van der Waals surface area contributed by atoms with Gasteiger partial charge in [0.2, 0.25) is 0 Å². The zero-order chi connectivity index (χ0) is 13.2. The van der Waals surface area contributed by atoms with Crippen LogP contribution in [0.25, 0.3) is 0 Å². The van der Waals surface area contributed by atoms with Crippen molar-refractivity contribution in [3.05, 3.63) is 59.2 Å². The average Bonchev–Trinajstić information content (AvgIpc) is 2.94. The number of ether oxygens (including phenoxy) is 2. The second-order valence-corrected chi connectivity index (χ2v) is 5.04. The third-order valence-electron chi connectivity index (χ3n) is 3.39. The summed E-state index contributed by atoms with van der Waals surface area (Å²) in [6, 6.07) is 14.0. The Hall–Kier alpha value is -1.67. The van der Waals surface area contributed by atoms with Gasteiger partial charge in [0.05, 0.1) is 19.1 Å². The molecule has 0 radical (unpaired) electrons. The molecule has 2 aromatic carbocycles. The van der Waals surface area contributed by atoms with Crippen molar-refractivity contribution in [1.29, 1.82) is 0 Å². The van der Waals surface area contributed by atoms with Gasteiger partial charge in [0.15, 0.2) is 0 Å². The van der Waals surface area contributed by atoms with E-state index in [4.69, 9.17) is 21.1 Å². The van der Waals surface area contributed by atoms with E-state index in [0.717, 1.165) is 35.7 Å². The van der Waals surface area contributed by atoms with Crippen molar-refractivity contribution >= 4 is 11.6 Å². The molecule has 1 atom stereocenters. The van der Waals surface area contributed by atoms with Crippen LogP contribution < -0.4 is 9.47 Å². The Labute approximate surface area is 117 Å². The lowest BCUT2D eigenvalue weighted by atomic mass is 10.0. The Morgan fingerprint density at radius 1 is 1.16 bits per heavy atom. The molecule has 1 aliphatic heterocycles. The van der Waals surface area contributed by atoms with Crippen LogP contribution in [0.5, 0.6) is 11.5 Å². The highest BCUT2D eigenvalue weighted by atomic mass is 35.5. The van der Waals surface area contributed by atoms with Crippen molar-refractivity contribution in [2.75, 3.05) is 13.7 Å². The Morgan fingerprint density at radius 3 is 2.84 bits per heavy atom. The van der Waals surface area contributed by atoms with Gasteiger partial charge >= 0.3 is 0 Å². The van der Waals surface area contributed by atoms with Gasteiger partial charge in [-0.2, -0.15) is 0 Å². The van der Waals surface area contributed by atoms with Crippen LogP contribution in [0.15, 0.2) is 42.5 Å². The minimum absolute atomic E-state index is 0.166. The molecule has 0 saturated heterocycles. The number of rotatable bonds is 3. The summed E-state index contributed by atoms with van der Waals surface area (Å²) in [4.78, 5) is 0. The van der Waals surface area contributed by atoms with Gasteiger partial charge < -0.3 is 9.47 Å².